The number of rotatable bonds is 2. The van der Waals surface area contributed by atoms with Crippen LogP contribution in [0.4, 0.5) is 0 Å². The van der Waals surface area contributed by atoms with E-state index >= 15 is 0 Å². The molecule has 0 heteroatoms. The van der Waals surface area contributed by atoms with E-state index < -0.39 is 0 Å². The highest BCUT2D eigenvalue weighted by Crippen LogP contribution is 2.56. The SMILES string of the molecule is CC#CC1(C)CC1C(C)CC. The van der Waals surface area contributed by atoms with Gasteiger partial charge in [0.05, 0.1) is 0 Å². The third-order valence-electron chi connectivity index (χ3n) is 3.04. The van der Waals surface area contributed by atoms with Crippen molar-refractivity contribution in [2.24, 2.45) is 17.3 Å². The van der Waals surface area contributed by atoms with Crippen molar-refractivity contribution in [3.63, 3.8) is 0 Å². The van der Waals surface area contributed by atoms with Crippen LogP contribution in [-0.2, 0) is 0 Å². The van der Waals surface area contributed by atoms with Gasteiger partial charge < -0.3 is 0 Å². The van der Waals surface area contributed by atoms with Crippen LogP contribution in [0.15, 0.2) is 0 Å². The highest BCUT2D eigenvalue weighted by Gasteiger charge is 2.50. The summed E-state index contributed by atoms with van der Waals surface area (Å²) in [7, 11) is 0. The van der Waals surface area contributed by atoms with E-state index in [4.69, 9.17) is 0 Å². The molecular weight excluding hydrogens is 132 g/mol. The lowest BCUT2D eigenvalue weighted by Crippen LogP contribution is -2.02. The fraction of sp³-hybridized carbons (Fsp3) is 0.818. The highest BCUT2D eigenvalue weighted by atomic mass is 14.5. The Balaban J connectivity index is 2.50. The summed E-state index contributed by atoms with van der Waals surface area (Å²) in [5.74, 6) is 8.08. The molecule has 0 heterocycles. The summed E-state index contributed by atoms with van der Waals surface area (Å²) >= 11 is 0. The zero-order valence-corrected chi connectivity index (χ0v) is 8.07. The maximum Gasteiger partial charge on any atom is 0.0320 e. The highest BCUT2D eigenvalue weighted by molar-refractivity contribution is 5.21. The summed E-state index contributed by atoms with van der Waals surface area (Å²) in [6.07, 6.45) is 2.62. The molecule has 1 aliphatic rings. The van der Waals surface area contributed by atoms with Gasteiger partial charge in [0, 0.05) is 5.41 Å². The normalized spacial score (nSPS) is 37.3. The van der Waals surface area contributed by atoms with E-state index in [1.807, 2.05) is 6.92 Å². The lowest BCUT2D eigenvalue weighted by molar-refractivity contribution is 0.441. The van der Waals surface area contributed by atoms with E-state index in [0.29, 0.717) is 5.41 Å². The summed E-state index contributed by atoms with van der Waals surface area (Å²) in [6.45, 7) is 8.84. The molecule has 62 valence electrons. The van der Waals surface area contributed by atoms with Crippen molar-refractivity contribution >= 4 is 0 Å². The minimum atomic E-state index is 0.379. The summed E-state index contributed by atoms with van der Waals surface area (Å²) in [6, 6.07) is 0. The van der Waals surface area contributed by atoms with Crippen LogP contribution in [0.1, 0.15) is 40.5 Å². The van der Waals surface area contributed by atoms with Gasteiger partial charge in [-0.25, -0.2) is 0 Å². The third kappa shape index (κ3) is 1.59. The predicted octanol–water partition coefficient (Wildman–Crippen LogP) is 3.08. The molecular formula is C11H18. The topological polar surface area (TPSA) is 0 Å². The van der Waals surface area contributed by atoms with Gasteiger partial charge in [0.2, 0.25) is 0 Å². The second-order valence-corrected chi connectivity index (χ2v) is 3.99. The molecule has 0 radical (unpaired) electrons. The van der Waals surface area contributed by atoms with E-state index in [0.717, 1.165) is 11.8 Å². The quantitative estimate of drug-likeness (QED) is 0.531. The van der Waals surface area contributed by atoms with E-state index in [-0.39, 0.29) is 0 Å². The van der Waals surface area contributed by atoms with E-state index in [2.05, 4.69) is 32.6 Å². The molecule has 0 N–H and O–H groups in total. The molecule has 1 saturated carbocycles. The van der Waals surface area contributed by atoms with Crippen LogP contribution >= 0.6 is 0 Å². The van der Waals surface area contributed by atoms with Gasteiger partial charge >= 0.3 is 0 Å². The minimum Gasteiger partial charge on any atom is -0.106 e. The first-order valence-corrected chi connectivity index (χ1v) is 4.58. The molecule has 0 amide bonds. The first-order chi connectivity index (χ1) is 5.14. The van der Waals surface area contributed by atoms with E-state index in [1.165, 1.54) is 12.8 Å². The average molecular weight is 150 g/mol. The van der Waals surface area contributed by atoms with Crippen molar-refractivity contribution in [3.8, 4) is 11.8 Å². The fourth-order valence-electron chi connectivity index (χ4n) is 1.94. The second-order valence-electron chi connectivity index (χ2n) is 3.99. The van der Waals surface area contributed by atoms with Crippen molar-refractivity contribution in [2.45, 2.75) is 40.5 Å². The Morgan fingerprint density at radius 1 is 1.64 bits per heavy atom. The number of hydrogen-bond donors (Lipinski definition) is 0. The first kappa shape index (κ1) is 8.65. The van der Waals surface area contributed by atoms with Crippen molar-refractivity contribution in [2.75, 3.05) is 0 Å². The smallest absolute Gasteiger partial charge is 0.0320 e. The summed E-state index contributed by atoms with van der Waals surface area (Å²) in [5, 5.41) is 0. The van der Waals surface area contributed by atoms with Gasteiger partial charge in [-0.2, -0.15) is 0 Å². The average Bonchev–Trinajstić information content (AvgIpc) is 2.62. The fourth-order valence-corrected chi connectivity index (χ4v) is 1.94. The van der Waals surface area contributed by atoms with Crippen LogP contribution in [0.2, 0.25) is 0 Å². The zero-order chi connectivity index (χ0) is 8.48. The molecule has 0 aromatic rings. The summed E-state index contributed by atoms with van der Waals surface area (Å²) in [4.78, 5) is 0. The Labute approximate surface area is 70.4 Å². The van der Waals surface area contributed by atoms with Crippen molar-refractivity contribution in [1.29, 1.82) is 0 Å². The van der Waals surface area contributed by atoms with Crippen LogP contribution in [0.3, 0.4) is 0 Å². The van der Waals surface area contributed by atoms with Crippen molar-refractivity contribution in [3.05, 3.63) is 0 Å². The lowest BCUT2D eigenvalue weighted by atomic mass is 9.96. The molecule has 3 atom stereocenters. The Morgan fingerprint density at radius 2 is 2.27 bits per heavy atom. The molecule has 1 aliphatic carbocycles. The van der Waals surface area contributed by atoms with Gasteiger partial charge in [0.1, 0.15) is 0 Å². The molecule has 3 unspecified atom stereocenters. The number of hydrogen-bond acceptors (Lipinski definition) is 0. The monoisotopic (exact) mass is 150 g/mol. The van der Waals surface area contributed by atoms with E-state index in [1.54, 1.807) is 0 Å². The molecule has 0 spiro atoms. The maximum atomic E-state index is 3.31. The Kier molecular flexibility index (Phi) is 2.28. The minimum absolute atomic E-state index is 0.379. The van der Waals surface area contributed by atoms with Gasteiger partial charge in [-0.05, 0) is 32.1 Å². The molecule has 0 aromatic carbocycles. The molecule has 0 aromatic heterocycles. The van der Waals surface area contributed by atoms with Gasteiger partial charge in [-0.1, -0.05) is 26.2 Å². The predicted molar refractivity (Wildman–Crippen MR) is 49.1 cm³/mol. The van der Waals surface area contributed by atoms with Gasteiger partial charge in [0.25, 0.3) is 0 Å². The van der Waals surface area contributed by atoms with Gasteiger partial charge in [-0.15, -0.1) is 5.92 Å². The standard InChI is InChI=1S/C11H18/c1-5-7-11(4)8-10(11)9(3)6-2/h9-10H,6,8H2,1-4H3. The van der Waals surface area contributed by atoms with Crippen LogP contribution < -0.4 is 0 Å². The molecule has 0 aliphatic heterocycles. The maximum absolute atomic E-state index is 3.31. The Hall–Kier alpha value is -0.440. The second kappa shape index (κ2) is 2.89. The Bertz CT molecular complexity index is 194. The van der Waals surface area contributed by atoms with E-state index in [9.17, 15) is 0 Å². The zero-order valence-electron chi connectivity index (χ0n) is 8.07. The molecule has 0 bridgehead atoms. The van der Waals surface area contributed by atoms with Crippen LogP contribution in [-0.4, -0.2) is 0 Å². The largest absolute Gasteiger partial charge is 0.106 e. The molecule has 1 rings (SSSR count). The van der Waals surface area contributed by atoms with Gasteiger partial charge in [0.15, 0.2) is 0 Å². The molecule has 0 nitrogen and oxygen atoms in total. The van der Waals surface area contributed by atoms with Crippen LogP contribution in [0.5, 0.6) is 0 Å². The summed E-state index contributed by atoms with van der Waals surface area (Å²) < 4.78 is 0. The Morgan fingerprint density at radius 3 is 2.73 bits per heavy atom. The van der Waals surface area contributed by atoms with Crippen LogP contribution in [0, 0.1) is 29.1 Å². The van der Waals surface area contributed by atoms with Gasteiger partial charge in [-0.3, -0.25) is 0 Å². The van der Waals surface area contributed by atoms with Crippen molar-refractivity contribution in [1.82, 2.24) is 0 Å². The molecule has 0 saturated heterocycles. The lowest BCUT2D eigenvalue weighted by Gasteiger charge is -2.08. The summed E-state index contributed by atoms with van der Waals surface area (Å²) in [5.41, 5.74) is 0.379. The third-order valence-corrected chi connectivity index (χ3v) is 3.04. The molecule has 1 fully saturated rings. The van der Waals surface area contributed by atoms with Crippen molar-refractivity contribution < 1.29 is 0 Å². The molecule has 11 heavy (non-hydrogen) atoms. The first-order valence-electron chi connectivity index (χ1n) is 4.58. The van der Waals surface area contributed by atoms with Crippen LogP contribution in [0.25, 0.3) is 0 Å².